The Kier molecular flexibility index (Phi) is 4.22. The molecule has 0 heteroatoms. The van der Waals surface area contributed by atoms with Crippen LogP contribution in [0.25, 0.3) is 38.4 Å². The molecule has 0 radical (unpaired) electrons. The van der Waals surface area contributed by atoms with Gasteiger partial charge in [0, 0.05) is 0 Å². The molecular formula is C34H24. The first-order valence-electron chi connectivity index (χ1n) is 12.0. The van der Waals surface area contributed by atoms with Gasteiger partial charge in [0.1, 0.15) is 0 Å². The lowest BCUT2D eigenvalue weighted by atomic mass is 9.62. The van der Waals surface area contributed by atoms with Gasteiger partial charge in [-0.15, -0.1) is 0 Å². The second-order valence-corrected chi connectivity index (χ2v) is 9.35. The van der Waals surface area contributed by atoms with Gasteiger partial charge in [-0.3, -0.25) is 0 Å². The Bertz CT molecular complexity index is 1640. The van der Waals surface area contributed by atoms with Crippen molar-refractivity contribution in [1.29, 1.82) is 0 Å². The van der Waals surface area contributed by atoms with Gasteiger partial charge in [0.2, 0.25) is 0 Å². The highest BCUT2D eigenvalue weighted by Gasteiger charge is 2.40. The van der Waals surface area contributed by atoms with Crippen molar-refractivity contribution in [1.82, 2.24) is 0 Å². The van der Waals surface area contributed by atoms with Gasteiger partial charge in [0.05, 0.1) is 5.41 Å². The van der Waals surface area contributed by atoms with Crippen LogP contribution in [0.4, 0.5) is 0 Å². The second kappa shape index (κ2) is 7.43. The molecule has 0 nitrogen and oxygen atoms in total. The summed E-state index contributed by atoms with van der Waals surface area (Å²) in [6.07, 6.45) is 5.62. The van der Waals surface area contributed by atoms with Crippen molar-refractivity contribution in [2.75, 3.05) is 0 Å². The minimum Gasteiger partial charge on any atom is -0.0824 e. The van der Waals surface area contributed by atoms with Crippen LogP contribution in [0.1, 0.15) is 28.7 Å². The molecule has 0 saturated heterocycles. The number of allylic oxidation sites excluding steroid dienone is 1. The van der Waals surface area contributed by atoms with E-state index in [-0.39, 0.29) is 5.41 Å². The summed E-state index contributed by atoms with van der Waals surface area (Å²) in [5, 5.41) is 7.81. The lowest BCUT2D eigenvalue weighted by molar-refractivity contribution is 0.633. The molecule has 0 amide bonds. The summed E-state index contributed by atoms with van der Waals surface area (Å²) in [7, 11) is 0. The van der Waals surface area contributed by atoms with Crippen LogP contribution < -0.4 is 0 Å². The summed E-state index contributed by atoms with van der Waals surface area (Å²) in [4.78, 5) is 0. The van der Waals surface area contributed by atoms with Gasteiger partial charge in [0.15, 0.2) is 0 Å². The fraction of sp³-hybridized carbons (Fsp3) is 0.0588. The van der Waals surface area contributed by atoms with Gasteiger partial charge in [-0.05, 0) is 73.1 Å². The monoisotopic (exact) mass is 432 g/mol. The zero-order valence-corrected chi connectivity index (χ0v) is 18.9. The Hall–Kier alpha value is -4.16. The Balaban J connectivity index is 1.68. The molecule has 0 atom stereocenters. The van der Waals surface area contributed by atoms with E-state index in [1.165, 1.54) is 54.6 Å². The van der Waals surface area contributed by atoms with E-state index in [4.69, 9.17) is 0 Å². The van der Waals surface area contributed by atoms with E-state index in [1.807, 2.05) is 0 Å². The Morgan fingerprint density at radius 1 is 0.441 bits per heavy atom. The summed E-state index contributed by atoms with van der Waals surface area (Å²) in [5.41, 5.74) is 5.17. The van der Waals surface area contributed by atoms with Crippen molar-refractivity contribution in [3.63, 3.8) is 0 Å². The van der Waals surface area contributed by atoms with Crippen molar-refractivity contribution in [3.05, 3.63) is 150 Å². The van der Waals surface area contributed by atoms with Crippen LogP contribution in [0.2, 0.25) is 0 Å². The zero-order valence-electron chi connectivity index (χ0n) is 18.9. The van der Waals surface area contributed by atoms with Gasteiger partial charge in [0.25, 0.3) is 0 Å². The maximum atomic E-state index is 2.44. The van der Waals surface area contributed by atoms with Crippen molar-refractivity contribution in [2.24, 2.45) is 0 Å². The molecule has 0 fully saturated rings. The van der Waals surface area contributed by atoms with Gasteiger partial charge in [-0.1, -0.05) is 121 Å². The van der Waals surface area contributed by atoms with Crippen LogP contribution in [0.5, 0.6) is 0 Å². The average molecular weight is 433 g/mol. The molecule has 0 bridgehead atoms. The summed E-state index contributed by atoms with van der Waals surface area (Å²) >= 11 is 0. The van der Waals surface area contributed by atoms with E-state index in [9.17, 15) is 0 Å². The molecule has 7 rings (SSSR count). The molecular weight excluding hydrogens is 408 g/mol. The topological polar surface area (TPSA) is 0 Å². The molecule has 0 aromatic heterocycles. The fourth-order valence-electron chi connectivity index (χ4n) is 6.09. The minimum absolute atomic E-state index is 0.282. The predicted octanol–water partition coefficient (Wildman–Crippen LogP) is 8.90. The van der Waals surface area contributed by atoms with E-state index in [2.05, 4.69) is 133 Å². The van der Waals surface area contributed by atoms with Crippen molar-refractivity contribution < 1.29 is 0 Å². The van der Waals surface area contributed by atoms with E-state index < -0.39 is 0 Å². The lowest BCUT2D eigenvalue weighted by Crippen LogP contribution is -2.32. The largest absolute Gasteiger partial charge is 0.0824 e. The molecule has 160 valence electrons. The first-order valence-corrected chi connectivity index (χ1v) is 12.0. The van der Waals surface area contributed by atoms with E-state index in [0.29, 0.717) is 0 Å². The zero-order chi connectivity index (χ0) is 22.5. The fourth-order valence-corrected chi connectivity index (χ4v) is 6.09. The second-order valence-electron chi connectivity index (χ2n) is 9.35. The molecule has 1 aliphatic rings. The molecule has 0 spiro atoms. The lowest BCUT2D eigenvalue weighted by Gasteiger charge is -2.40. The summed E-state index contributed by atoms with van der Waals surface area (Å²) < 4.78 is 0. The highest BCUT2D eigenvalue weighted by molar-refractivity contribution is 5.95. The van der Waals surface area contributed by atoms with Crippen LogP contribution in [0.15, 0.2) is 127 Å². The van der Waals surface area contributed by atoms with Crippen molar-refractivity contribution in [3.8, 4) is 0 Å². The van der Waals surface area contributed by atoms with E-state index >= 15 is 0 Å². The molecule has 0 aliphatic heterocycles. The summed E-state index contributed by atoms with van der Waals surface area (Å²) in [6.45, 7) is 0. The average Bonchev–Trinajstić information content (AvgIpc) is 2.91. The smallest absolute Gasteiger partial charge is 0.0504 e. The maximum absolute atomic E-state index is 2.44. The van der Waals surface area contributed by atoms with E-state index in [0.717, 1.165) is 6.42 Å². The van der Waals surface area contributed by atoms with Crippen LogP contribution in [-0.4, -0.2) is 0 Å². The SMILES string of the molecule is C1=Cc2cc3ccccc3cc2C(c2cccc3ccccc23)(c2cccc3ccccc23)C1. The number of hydrogen-bond acceptors (Lipinski definition) is 0. The van der Waals surface area contributed by atoms with Gasteiger partial charge in [-0.25, -0.2) is 0 Å². The highest BCUT2D eigenvalue weighted by atomic mass is 14.4. The summed E-state index contributed by atoms with van der Waals surface area (Å²) in [6, 6.07) is 44.8. The van der Waals surface area contributed by atoms with Crippen LogP contribution >= 0.6 is 0 Å². The van der Waals surface area contributed by atoms with Crippen LogP contribution in [0.3, 0.4) is 0 Å². The summed E-state index contributed by atoms with van der Waals surface area (Å²) in [5.74, 6) is 0. The Morgan fingerprint density at radius 3 is 1.56 bits per heavy atom. The van der Waals surface area contributed by atoms with Gasteiger partial charge >= 0.3 is 0 Å². The third-order valence-electron chi connectivity index (χ3n) is 7.60. The third-order valence-corrected chi connectivity index (χ3v) is 7.60. The van der Waals surface area contributed by atoms with Gasteiger partial charge in [-0.2, -0.15) is 0 Å². The molecule has 0 saturated carbocycles. The van der Waals surface area contributed by atoms with Crippen molar-refractivity contribution in [2.45, 2.75) is 11.8 Å². The Morgan fingerprint density at radius 2 is 0.941 bits per heavy atom. The standard InChI is InChI=1S/C34H24/c1-2-13-27-23-33-28(22-26(27)12-1)16-9-21-34(33,31-19-7-14-24-10-3-5-17-29(24)31)32-20-8-15-25-11-4-6-18-30(25)32/h1-20,22-23H,21H2. The molecule has 34 heavy (non-hydrogen) atoms. The normalized spacial score (nSPS) is 14.5. The van der Waals surface area contributed by atoms with Crippen LogP contribution in [0, 0.1) is 0 Å². The first-order chi connectivity index (χ1) is 16.8. The maximum Gasteiger partial charge on any atom is 0.0504 e. The number of benzene rings is 6. The number of rotatable bonds is 2. The minimum atomic E-state index is -0.282. The molecule has 0 N–H and O–H groups in total. The Labute approximate surface area is 199 Å². The molecule has 1 aliphatic carbocycles. The predicted molar refractivity (Wildman–Crippen MR) is 145 cm³/mol. The third kappa shape index (κ3) is 2.72. The van der Waals surface area contributed by atoms with Crippen molar-refractivity contribution >= 4 is 38.4 Å². The first kappa shape index (κ1) is 19.3. The molecule has 6 aromatic rings. The molecule has 0 heterocycles. The number of hydrogen-bond donors (Lipinski definition) is 0. The van der Waals surface area contributed by atoms with E-state index in [1.54, 1.807) is 0 Å². The highest BCUT2D eigenvalue weighted by Crippen LogP contribution is 2.51. The van der Waals surface area contributed by atoms with Gasteiger partial charge < -0.3 is 0 Å². The van der Waals surface area contributed by atoms with Crippen LogP contribution in [-0.2, 0) is 5.41 Å². The molecule has 6 aromatic carbocycles. The molecule has 0 unspecified atom stereocenters. The number of fused-ring (bicyclic) bond motifs is 4. The quantitative estimate of drug-likeness (QED) is 0.256.